The first-order chi connectivity index (χ1) is 9.02. The third kappa shape index (κ3) is 2.68. The summed E-state index contributed by atoms with van der Waals surface area (Å²) in [5.41, 5.74) is 4.62. The summed E-state index contributed by atoms with van der Waals surface area (Å²) in [6, 6.07) is 0. The molecule has 1 saturated carbocycles. The Labute approximate surface area is 113 Å². The van der Waals surface area contributed by atoms with Crippen molar-refractivity contribution in [1.29, 1.82) is 0 Å². The third-order valence-electron chi connectivity index (χ3n) is 4.37. The van der Waals surface area contributed by atoms with Crippen LogP contribution in [0.25, 0.3) is 0 Å². The highest BCUT2D eigenvalue weighted by Gasteiger charge is 2.46. The fourth-order valence-corrected chi connectivity index (χ4v) is 3.01. The smallest absolute Gasteiger partial charge is 0.234 e. The van der Waals surface area contributed by atoms with Crippen LogP contribution in [-0.4, -0.2) is 35.7 Å². The van der Waals surface area contributed by atoms with E-state index < -0.39 is 5.41 Å². The Morgan fingerprint density at radius 3 is 2.53 bits per heavy atom. The number of hydrogen-bond donors (Lipinski definition) is 3. The number of nitrogens with one attached hydrogen (secondary N) is 1. The van der Waals surface area contributed by atoms with Gasteiger partial charge in [0.15, 0.2) is 5.84 Å². The fourth-order valence-electron chi connectivity index (χ4n) is 3.01. The van der Waals surface area contributed by atoms with E-state index in [2.05, 4.69) is 10.5 Å². The number of hydrogen-bond acceptors (Lipinski definition) is 4. The number of amidine groups is 1. The summed E-state index contributed by atoms with van der Waals surface area (Å²) in [7, 11) is 0. The average molecular weight is 269 g/mol. The van der Waals surface area contributed by atoms with Gasteiger partial charge in [0.25, 0.3) is 0 Å². The van der Waals surface area contributed by atoms with Crippen LogP contribution in [0, 0.1) is 5.41 Å². The first kappa shape index (κ1) is 14.1. The predicted molar refractivity (Wildman–Crippen MR) is 70.9 cm³/mol. The van der Waals surface area contributed by atoms with Crippen molar-refractivity contribution in [2.75, 3.05) is 13.2 Å². The second-order valence-corrected chi connectivity index (χ2v) is 5.95. The van der Waals surface area contributed by atoms with Gasteiger partial charge in [-0.25, -0.2) is 0 Å². The molecule has 2 rings (SSSR count). The lowest BCUT2D eigenvalue weighted by molar-refractivity contribution is -0.131. The number of amides is 1. The number of nitrogens with two attached hydrogens (primary N) is 1. The molecule has 0 aromatic heterocycles. The Morgan fingerprint density at radius 1 is 1.32 bits per heavy atom. The van der Waals surface area contributed by atoms with Crippen LogP contribution in [0.1, 0.15) is 45.4 Å². The van der Waals surface area contributed by atoms with E-state index in [1.54, 1.807) is 0 Å². The number of carbonyl (C=O) groups excluding carboxylic acids is 1. The lowest BCUT2D eigenvalue weighted by Gasteiger charge is -2.37. The van der Waals surface area contributed by atoms with Gasteiger partial charge in [-0.05, 0) is 26.2 Å². The second kappa shape index (κ2) is 5.36. The van der Waals surface area contributed by atoms with E-state index in [4.69, 9.17) is 15.7 Å². The number of oxime groups is 1. The molecule has 1 atom stereocenters. The van der Waals surface area contributed by atoms with Crippen molar-refractivity contribution in [1.82, 2.24) is 5.32 Å². The van der Waals surface area contributed by atoms with Crippen LogP contribution in [0.3, 0.4) is 0 Å². The molecule has 6 nitrogen and oxygen atoms in total. The quantitative estimate of drug-likeness (QED) is 0.308. The van der Waals surface area contributed by atoms with Gasteiger partial charge in [-0.1, -0.05) is 24.4 Å². The third-order valence-corrected chi connectivity index (χ3v) is 4.37. The van der Waals surface area contributed by atoms with E-state index in [-0.39, 0.29) is 17.3 Å². The zero-order chi connectivity index (χ0) is 13.9. The van der Waals surface area contributed by atoms with E-state index in [0.717, 1.165) is 25.7 Å². The summed E-state index contributed by atoms with van der Waals surface area (Å²) >= 11 is 0. The minimum atomic E-state index is -0.849. The maximum atomic E-state index is 12.6. The van der Waals surface area contributed by atoms with Gasteiger partial charge in [0.2, 0.25) is 5.91 Å². The Kier molecular flexibility index (Phi) is 3.99. The number of ether oxygens (including phenoxy) is 1. The molecule has 19 heavy (non-hydrogen) atoms. The van der Waals surface area contributed by atoms with Crippen LogP contribution in [0.4, 0.5) is 0 Å². The molecule has 0 aromatic carbocycles. The molecule has 108 valence electrons. The second-order valence-electron chi connectivity index (χ2n) is 5.95. The van der Waals surface area contributed by atoms with Gasteiger partial charge < -0.3 is 21.0 Å². The average Bonchev–Trinajstić information content (AvgIpc) is 2.85. The Hall–Kier alpha value is -1.30. The predicted octanol–water partition coefficient (Wildman–Crippen LogP) is 0.978. The van der Waals surface area contributed by atoms with Gasteiger partial charge in [0.1, 0.15) is 5.41 Å². The zero-order valence-electron chi connectivity index (χ0n) is 11.4. The van der Waals surface area contributed by atoms with Gasteiger partial charge in [-0.15, -0.1) is 0 Å². The normalized spacial score (nSPS) is 31.1. The van der Waals surface area contributed by atoms with Gasteiger partial charge >= 0.3 is 0 Å². The summed E-state index contributed by atoms with van der Waals surface area (Å²) in [5.74, 6) is -0.0947. The standard InChI is InChI=1S/C13H23N3O3/c1-12(7-8-19-9-12)15-11(17)13(10(14)16-18)5-3-2-4-6-13/h18H,2-9H2,1H3,(H2,14,16)(H,15,17). The minimum absolute atomic E-state index is 0.0345. The van der Waals surface area contributed by atoms with Crippen molar-refractivity contribution < 1.29 is 14.7 Å². The Morgan fingerprint density at radius 2 is 2.00 bits per heavy atom. The molecule has 1 amide bonds. The van der Waals surface area contributed by atoms with Crippen LogP contribution in [0.2, 0.25) is 0 Å². The Balaban J connectivity index is 2.16. The topological polar surface area (TPSA) is 96.9 Å². The molecule has 0 aromatic rings. The first-order valence-electron chi connectivity index (χ1n) is 6.91. The van der Waals surface area contributed by atoms with E-state index in [1.165, 1.54) is 0 Å². The lowest BCUT2D eigenvalue weighted by atomic mass is 9.72. The van der Waals surface area contributed by atoms with Crippen molar-refractivity contribution in [2.24, 2.45) is 16.3 Å². The highest BCUT2D eigenvalue weighted by atomic mass is 16.5. The lowest BCUT2D eigenvalue weighted by Crippen LogP contribution is -2.57. The van der Waals surface area contributed by atoms with Crippen LogP contribution in [-0.2, 0) is 9.53 Å². The highest BCUT2D eigenvalue weighted by molar-refractivity contribution is 6.07. The minimum Gasteiger partial charge on any atom is -0.409 e. The van der Waals surface area contributed by atoms with E-state index in [1.807, 2.05) is 6.92 Å². The fraction of sp³-hybridized carbons (Fsp3) is 0.846. The van der Waals surface area contributed by atoms with Crippen molar-refractivity contribution in [3.05, 3.63) is 0 Å². The first-order valence-corrected chi connectivity index (χ1v) is 6.91. The molecule has 4 N–H and O–H groups in total. The molecular weight excluding hydrogens is 246 g/mol. The maximum Gasteiger partial charge on any atom is 0.234 e. The van der Waals surface area contributed by atoms with Crippen molar-refractivity contribution in [3.8, 4) is 0 Å². The summed E-state index contributed by atoms with van der Waals surface area (Å²) < 4.78 is 5.34. The molecule has 2 aliphatic rings. The molecule has 6 heteroatoms. The number of nitrogens with zero attached hydrogens (tertiary/aromatic N) is 1. The molecule has 1 aliphatic carbocycles. The van der Waals surface area contributed by atoms with E-state index in [0.29, 0.717) is 26.1 Å². The van der Waals surface area contributed by atoms with E-state index in [9.17, 15) is 4.79 Å². The van der Waals surface area contributed by atoms with E-state index >= 15 is 0 Å². The highest BCUT2D eigenvalue weighted by Crippen LogP contribution is 2.37. The summed E-state index contributed by atoms with van der Waals surface area (Å²) in [5, 5.41) is 15.1. The number of rotatable bonds is 3. The molecule has 0 spiro atoms. The monoisotopic (exact) mass is 269 g/mol. The van der Waals surface area contributed by atoms with Gasteiger partial charge in [0, 0.05) is 6.61 Å². The SMILES string of the molecule is CC1(NC(=O)C2(C(N)=NO)CCCCC2)CCOC1. The Bertz CT molecular complexity index is 369. The summed E-state index contributed by atoms with van der Waals surface area (Å²) in [6.45, 7) is 3.15. The van der Waals surface area contributed by atoms with Crippen LogP contribution >= 0.6 is 0 Å². The molecular formula is C13H23N3O3. The molecule has 0 radical (unpaired) electrons. The molecule has 1 saturated heterocycles. The molecule has 0 bridgehead atoms. The van der Waals surface area contributed by atoms with Crippen LogP contribution in [0.15, 0.2) is 5.16 Å². The molecule has 1 heterocycles. The number of carbonyl (C=O) groups is 1. The summed E-state index contributed by atoms with van der Waals surface area (Å²) in [6.07, 6.45) is 5.03. The maximum absolute atomic E-state index is 12.6. The summed E-state index contributed by atoms with van der Waals surface area (Å²) in [4.78, 5) is 12.6. The zero-order valence-corrected chi connectivity index (χ0v) is 11.4. The van der Waals surface area contributed by atoms with Gasteiger partial charge in [-0.3, -0.25) is 4.79 Å². The molecule has 1 aliphatic heterocycles. The largest absolute Gasteiger partial charge is 0.409 e. The molecule has 1 unspecified atom stereocenters. The van der Waals surface area contributed by atoms with Gasteiger partial charge in [0.05, 0.1) is 12.1 Å². The van der Waals surface area contributed by atoms with Crippen molar-refractivity contribution >= 4 is 11.7 Å². The van der Waals surface area contributed by atoms with Crippen LogP contribution < -0.4 is 11.1 Å². The molecule has 2 fully saturated rings. The van der Waals surface area contributed by atoms with Crippen molar-refractivity contribution in [2.45, 2.75) is 51.0 Å². The van der Waals surface area contributed by atoms with Gasteiger partial charge in [-0.2, -0.15) is 0 Å². The van der Waals surface area contributed by atoms with Crippen LogP contribution in [0.5, 0.6) is 0 Å². The van der Waals surface area contributed by atoms with Crippen molar-refractivity contribution in [3.63, 3.8) is 0 Å².